The molecule has 0 atom stereocenters. The zero-order valence-corrected chi connectivity index (χ0v) is 8.10. The molecule has 0 spiro atoms. The summed E-state index contributed by atoms with van der Waals surface area (Å²) in [5.41, 5.74) is 0. The minimum atomic E-state index is -0.125. The second-order valence-corrected chi connectivity index (χ2v) is 2.36. The topological polar surface area (TPSA) is 49.7 Å². The predicted octanol–water partition coefficient (Wildman–Crippen LogP) is 1.22. The van der Waals surface area contributed by atoms with Crippen LogP contribution in [0, 0.1) is 0 Å². The second kappa shape index (κ2) is 9.77. The van der Waals surface area contributed by atoms with Crippen molar-refractivity contribution in [3.05, 3.63) is 43.0 Å². The summed E-state index contributed by atoms with van der Waals surface area (Å²) in [5, 5.41) is 15.2. The third-order valence-electron chi connectivity index (χ3n) is 1.21. The summed E-state index contributed by atoms with van der Waals surface area (Å²) in [6, 6.07) is 9.69. The van der Waals surface area contributed by atoms with Crippen LogP contribution in [0.2, 0.25) is 0 Å². The van der Waals surface area contributed by atoms with Crippen molar-refractivity contribution in [2.24, 2.45) is 0 Å². The van der Waals surface area contributed by atoms with Gasteiger partial charge < -0.3 is 14.9 Å². The van der Waals surface area contributed by atoms with E-state index < -0.39 is 0 Å². The van der Waals surface area contributed by atoms with Crippen molar-refractivity contribution < 1.29 is 14.9 Å². The Balaban J connectivity index is 0.000000364. The molecule has 0 heterocycles. The van der Waals surface area contributed by atoms with E-state index in [1.165, 1.54) is 0 Å². The van der Waals surface area contributed by atoms with Crippen LogP contribution in [0.25, 0.3) is 0 Å². The predicted molar refractivity (Wildman–Crippen MR) is 56.3 cm³/mol. The zero-order valence-electron chi connectivity index (χ0n) is 8.10. The molecule has 0 aliphatic carbocycles. The molecule has 1 rings (SSSR count). The highest BCUT2D eigenvalue weighted by atomic mass is 16.5. The lowest BCUT2D eigenvalue weighted by molar-refractivity contribution is 0.186. The van der Waals surface area contributed by atoms with E-state index in [4.69, 9.17) is 14.9 Å². The molecule has 0 fully saturated rings. The van der Waals surface area contributed by atoms with E-state index in [1.807, 2.05) is 30.3 Å². The largest absolute Gasteiger partial charge is 0.490 e. The monoisotopic (exact) mass is 196 g/mol. The molecule has 0 amide bonds. The highest BCUT2D eigenvalue weighted by molar-refractivity contribution is 5.20. The summed E-state index contributed by atoms with van der Waals surface area (Å²) >= 11 is 0. The first-order valence-corrected chi connectivity index (χ1v) is 4.35. The van der Waals surface area contributed by atoms with Crippen molar-refractivity contribution in [2.45, 2.75) is 0 Å². The van der Waals surface area contributed by atoms with E-state index in [0.717, 1.165) is 5.75 Å². The molecule has 0 unspecified atom stereocenters. The fourth-order valence-electron chi connectivity index (χ4n) is 0.672. The molecule has 3 nitrogen and oxygen atoms in total. The summed E-state index contributed by atoms with van der Waals surface area (Å²) in [6.07, 6.45) is 1.73. The van der Waals surface area contributed by atoms with Gasteiger partial charge in [-0.3, -0.25) is 0 Å². The van der Waals surface area contributed by atoms with Crippen LogP contribution in [0.4, 0.5) is 0 Å². The number of ether oxygens (including phenoxy) is 1. The first-order valence-electron chi connectivity index (χ1n) is 4.35. The van der Waals surface area contributed by atoms with E-state index in [9.17, 15) is 0 Å². The van der Waals surface area contributed by atoms with Crippen molar-refractivity contribution in [1.29, 1.82) is 0 Å². The molecule has 14 heavy (non-hydrogen) atoms. The summed E-state index contributed by atoms with van der Waals surface area (Å²) in [7, 11) is 0. The Hall–Kier alpha value is -1.32. The minimum Gasteiger partial charge on any atom is -0.490 e. The highest BCUT2D eigenvalue weighted by Crippen LogP contribution is 2.07. The van der Waals surface area contributed by atoms with Gasteiger partial charge in [0.15, 0.2) is 0 Å². The molecule has 2 N–H and O–H groups in total. The van der Waals surface area contributed by atoms with Crippen molar-refractivity contribution in [1.82, 2.24) is 0 Å². The van der Waals surface area contributed by atoms with Crippen molar-refractivity contribution in [3.8, 4) is 5.75 Å². The maximum Gasteiger partial charge on any atom is 0.119 e. The van der Waals surface area contributed by atoms with Crippen LogP contribution in [0.3, 0.4) is 0 Å². The standard InChI is InChI=1S/C9H10O.C2H6O2/c1-2-8-10-9-6-4-3-5-7-9;3-1-2-4/h2-7H,1,8H2;3-4H,1-2H2. The molecule has 0 aromatic heterocycles. The first-order chi connectivity index (χ1) is 6.85. The van der Waals surface area contributed by atoms with Gasteiger partial charge in [0, 0.05) is 0 Å². The molecule has 78 valence electrons. The van der Waals surface area contributed by atoms with E-state index in [2.05, 4.69) is 6.58 Å². The molecule has 0 bridgehead atoms. The van der Waals surface area contributed by atoms with Gasteiger partial charge >= 0.3 is 0 Å². The fraction of sp³-hybridized carbons (Fsp3) is 0.273. The van der Waals surface area contributed by atoms with Gasteiger partial charge in [-0.1, -0.05) is 30.9 Å². The number of aliphatic hydroxyl groups excluding tert-OH is 2. The van der Waals surface area contributed by atoms with Crippen LogP contribution in [-0.4, -0.2) is 30.0 Å². The molecule has 0 saturated heterocycles. The van der Waals surface area contributed by atoms with E-state index in [1.54, 1.807) is 6.08 Å². The molecule has 0 aliphatic rings. The average Bonchev–Trinajstić information content (AvgIpc) is 2.28. The Bertz CT molecular complexity index is 219. The van der Waals surface area contributed by atoms with Crippen LogP contribution < -0.4 is 4.74 Å². The van der Waals surface area contributed by atoms with Gasteiger partial charge in [0.1, 0.15) is 12.4 Å². The maximum atomic E-state index is 7.62. The summed E-state index contributed by atoms with van der Waals surface area (Å²) in [5.74, 6) is 0.891. The maximum absolute atomic E-state index is 7.62. The van der Waals surface area contributed by atoms with Crippen LogP contribution in [0.5, 0.6) is 5.75 Å². The molecular weight excluding hydrogens is 180 g/mol. The Morgan fingerprint density at radius 1 is 1.14 bits per heavy atom. The number of hydrogen-bond acceptors (Lipinski definition) is 3. The lowest BCUT2D eigenvalue weighted by Crippen LogP contribution is -1.91. The molecule has 1 aromatic rings. The van der Waals surface area contributed by atoms with E-state index >= 15 is 0 Å². The summed E-state index contributed by atoms with van der Waals surface area (Å²) in [4.78, 5) is 0. The molecular formula is C11H16O3. The normalized spacial score (nSPS) is 8.43. The molecule has 0 saturated carbocycles. The van der Waals surface area contributed by atoms with Gasteiger partial charge in [-0.25, -0.2) is 0 Å². The SMILES string of the molecule is C=CCOc1ccccc1.OCCO. The van der Waals surface area contributed by atoms with Crippen LogP contribution >= 0.6 is 0 Å². The Morgan fingerprint density at radius 2 is 1.71 bits per heavy atom. The van der Waals surface area contributed by atoms with Crippen molar-refractivity contribution in [3.63, 3.8) is 0 Å². The zero-order chi connectivity index (χ0) is 10.6. The van der Waals surface area contributed by atoms with Crippen molar-refractivity contribution in [2.75, 3.05) is 19.8 Å². The average molecular weight is 196 g/mol. The summed E-state index contributed by atoms with van der Waals surface area (Å²) in [6.45, 7) is 3.87. The number of hydrogen-bond donors (Lipinski definition) is 2. The van der Waals surface area contributed by atoms with Gasteiger partial charge in [0.25, 0.3) is 0 Å². The third-order valence-corrected chi connectivity index (χ3v) is 1.21. The van der Waals surface area contributed by atoms with Crippen LogP contribution in [-0.2, 0) is 0 Å². The first kappa shape index (κ1) is 12.7. The number of para-hydroxylation sites is 1. The van der Waals surface area contributed by atoms with Gasteiger partial charge in [-0.05, 0) is 12.1 Å². The molecule has 0 radical (unpaired) electrons. The second-order valence-electron chi connectivity index (χ2n) is 2.36. The number of benzene rings is 1. The van der Waals surface area contributed by atoms with Gasteiger partial charge in [-0.2, -0.15) is 0 Å². The summed E-state index contributed by atoms with van der Waals surface area (Å²) < 4.78 is 5.24. The lowest BCUT2D eigenvalue weighted by atomic mass is 10.3. The van der Waals surface area contributed by atoms with Crippen LogP contribution in [0.15, 0.2) is 43.0 Å². The highest BCUT2D eigenvalue weighted by Gasteiger charge is 1.84. The van der Waals surface area contributed by atoms with Gasteiger partial charge in [-0.15, -0.1) is 0 Å². The van der Waals surface area contributed by atoms with Crippen LogP contribution in [0.1, 0.15) is 0 Å². The Labute approximate surface area is 84.3 Å². The van der Waals surface area contributed by atoms with E-state index in [-0.39, 0.29) is 13.2 Å². The van der Waals surface area contributed by atoms with Crippen molar-refractivity contribution >= 4 is 0 Å². The quantitative estimate of drug-likeness (QED) is 0.712. The number of aliphatic hydroxyl groups is 2. The van der Waals surface area contributed by atoms with Gasteiger partial charge in [0.05, 0.1) is 13.2 Å². The Morgan fingerprint density at radius 3 is 2.14 bits per heavy atom. The molecule has 1 aromatic carbocycles. The van der Waals surface area contributed by atoms with E-state index in [0.29, 0.717) is 6.61 Å². The minimum absolute atomic E-state index is 0.125. The molecule has 0 aliphatic heterocycles. The molecule has 3 heteroatoms. The third kappa shape index (κ3) is 7.34. The number of rotatable bonds is 4. The Kier molecular flexibility index (Phi) is 8.84. The fourth-order valence-corrected chi connectivity index (χ4v) is 0.672. The smallest absolute Gasteiger partial charge is 0.119 e. The van der Waals surface area contributed by atoms with Gasteiger partial charge in [0.2, 0.25) is 0 Å². The lowest BCUT2D eigenvalue weighted by Gasteiger charge is -1.99.